The summed E-state index contributed by atoms with van der Waals surface area (Å²) in [5.74, 6) is 1.38. The normalized spacial score (nSPS) is 9.20. The van der Waals surface area contributed by atoms with Crippen LogP contribution < -0.4 is 9.47 Å². The van der Waals surface area contributed by atoms with E-state index < -0.39 is 0 Å². The Morgan fingerprint density at radius 3 is 1.40 bits per heavy atom. The van der Waals surface area contributed by atoms with Crippen LogP contribution in [0.1, 0.15) is 0 Å². The van der Waals surface area contributed by atoms with Crippen LogP contribution in [0.15, 0.2) is 24.3 Å². The van der Waals surface area contributed by atoms with Crippen LogP contribution in [0.5, 0.6) is 11.5 Å². The maximum atomic E-state index is 8.52. The van der Waals surface area contributed by atoms with Crippen molar-refractivity contribution in [1.29, 1.82) is 0 Å². The number of benzene rings is 1. The van der Waals surface area contributed by atoms with Crippen LogP contribution in [0.3, 0.4) is 0 Å². The molecule has 79 valence electrons. The molecule has 0 aromatic heterocycles. The second-order valence-corrected chi connectivity index (χ2v) is 2.62. The topological polar surface area (TPSA) is 58.9 Å². The minimum Gasteiger partial charge on any atom is -0.491 e. The molecular weight excluding hydrogens is 223 g/mol. The Bertz CT molecular complexity index is 223. The molecular formula is C10H14KO4. The molecule has 1 aromatic carbocycles. The molecule has 15 heavy (non-hydrogen) atoms. The Labute approximate surface area is 132 Å². The van der Waals surface area contributed by atoms with E-state index in [2.05, 4.69) is 0 Å². The Morgan fingerprint density at radius 1 is 0.800 bits per heavy atom. The van der Waals surface area contributed by atoms with Crippen molar-refractivity contribution in [3.63, 3.8) is 0 Å². The van der Waals surface area contributed by atoms with Crippen molar-refractivity contribution in [2.75, 3.05) is 26.4 Å². The molecule has 5 heteroatoms. The number of ether oxygens (including phenoxy) is 2. The summed E-state index contributed by atoms with van der Waals surface area (Å²) in [5, 5.41) is 17.0. The van der Waals surface area contributed by atoms with Crippen LogP contribution in [0.25, 0.3) is 0 Å². The summed E-state index contributed by atoms with van der Waals surface area (Å²) in [6.07, 6.45) is 0. The molecule has 0 unspecified atom stereocenters. The summed E-state index contributed by atoms with van der Waals surface area (Å²) in [6.45, 7) is 0.583. The van der Waals surface area contributed by atoms with Gasteiger partial charge in [0.25, 0.3) is 0 Å². The minimum absolute atomic E-state index is 0. The summed E-state index contributed by atoms with van der Waals surface area (Å²) < 4.78 is 10.3. The molecule has 2 N–H and O–H groups in total. The molecule has 0 bridgehead atoms. The fraction of sp³-hybridized carbons (Fsp3) is 0.400. The predicted molar refractivity (Wildman–Crippen MR) is 57.4 cm³/mol. The number of hydrogen-bond acceptors (Lipinski definition) is 4. The third kappa shape index (κ3) is 6.52. The van der Waals surface area contributed by atoms with Crippen molar-refractivity contribution in [2.45, 2.75) is 0 Å². The van der Waals surface area contributed by atoms with Gasteiger partial charge in [0.15, 0.2) is 0 Å². The standard InChI is InChI=1S/C10H14O4.K/c11-5-7-13-9-1-2-10(4-3-9)14-8-6-12;/h1-4,11-12H,5-8H2;. The summed E-state index contributed by atoms with van der Waals surface area (Å²) in [7, 11) is 0. The zero-order valence-corrected chi connectivity index (χ0v) is 12.0. The number of aliphatic hydroxyl groups is 2. The zero-order valence-electron chi connectivity index (χ0n) is 8.85. The minimum atomic E-state index is 0. The predicted octanol–water partition coefficient (Wildman–Crippen LogP) is 0.0480. The maximum Gasteiger partial charge on any atom is 0.119 e. The van der Waals surface area contributed by atoms with Gasteiger partial charge in [-0.25, -0.2) is 0 Å². The van der Waals surface area contributed by atoms with Gasteiger partial charge in [0.05, 0.1) is 13.2 Å². The zero-order chi connectivity index (χ0) is 10.2. The van der Waals surface area contributed by atoms with Gasteiger partial charge in [-0.15, -0.1) is 0 Å². The van der Waals surface area contributed by atoms with Crippen molar-refractivity contribution in [2.24, 2.45) is 0 Å². The van der Waals surface area contributed by atoms with Crippen LogP contribution >= 0.6 is 0 Å². The van der Waals surface area contributed by atoms with E-state index in [4.69, 9.17) is 19.7 Å². The summed E-state index contributed by atoms with van der Waals surface area (Å²) >= 11 is 0. The fourth-order valence-electron chi connectivity index (χ4n) is 0.959. The van der Waals surface area contributed by atoms with E-state index in [1.165, 1.54) is 0 Å². The largest absolute Gasteiger partial charge is 0.491 e. The molecule has 0 spiro atoms. The van der Waals surface area contributed by atoms with Crippen LogP contribution in [-0.2, 0) is 0 Å². The Balaban J connectivity index is 0.00000196. The van der Waals surface area contributed by atoms with Gasteiger partial charge in [-0.2, -0.15) is 0 Å². The molecule has 1 rings (SSSR count). The van der Waals surface area contributed by atoms with Crippen molar-refractivity contribution in [3.05, 3.63) is 24.3 Å². The van der Waals surface area contributed by atoms with E-state index in [0.29, 0.717) is 11.5 Å². The first kappa shape index (κ1) is 15.4. The molecule has 0 fully saturated rings. The molecule has 0 heterocycles. The molecule has 0 amide bonds. The first-order valence-electron chi connectivity index (χ1n) is 4.44. The van der Waals surface area contributed by atoms with Gasteiger partial charge in [-0.05, 0) is 24.3 Å². The molecule has 1 aromatic rings. The van der Waals surface area contributed by atoms with E-state index in [1.807, 2.05) is 0 Å². The Hall–Kier alpha value is 0.376. The first-order chi connectivity index (χ1) is 6.86. The first-order valence-corrected chi connectivity index (χ1v) is 4.44. The number of hydrogen-bond donors (Lipinski definition) is 2. The Morgan fingerprint density at radius 2 is 1.13 bits per heavy atom. The average Bonchev–Trinajstić information content (AvgIpc) is 2.25. The van der Waals surface area contributed by atoms with Gasteiger partial charge in [0.1, 0.15) is 24.7 Å². The second-order valence-electron chi connectivity index (χ2n) is 2.62. The molecule has 0 atom stereocenters. The molecule has 0 aliphatic heterocycles. The van der Waals surface area contributed by atoms with Gasteiger partial charge >= 0.3 is 0 Å². The quantitative estimate of drug-likeness (QED) is 0.686. The number of rotatable bonds is 6. The monoisotopic (exact) mass is 237 g/mol. The van der Waals surface area contributed by atoms with Crippen LogP contribution in [0.4, 0.5) is 0 Å². The van der Waals surface area contributed by atoms with Crippen molar-refractivity contribution in [3.8, 4) is 11.5 Å². The molecule has 0 saturated heterocycles. The fourth-order valence-corrected chi connectivity index (χ4v) is 0.959. The molecule has 4 nitrogen and oxygen atoms in total. The van der Waals surface area contributed by atoms with Crippen LogP contribution in [-0.4, -0.2) is 88.0 Å². The molecule has 0 aliphatic carbocycles. The van der Waals surface area contributed by atoms with Crippen LogP contribution in [0, 0.1) is 0 Å². The molecule has 1 radical (unpaired) electrons. The van der Waals surface area contributed by atoms with Crippen molar-refractivity contribution < 1.29 is 19.7 Å². The van der Waals surface area contributed by atoms with E-state index in [0.717, 1.165) is 0 Å². The third-order valence-corrected chi connectivity index (χ3v) is 1.54. The van der Waals surface area contributed by atoms with Crippen molar-refractivity contribution in [1.82, 2.24) is 0 Å². The average molecular weight is 237 g/mol. The van der Waals surface area contributed by atoms with Crippen molar-refractivity contribution >= 4 is 51.4 Å². The van der Waals surface area contributed by atoms with Crippen LogP contribution in [0.2, 0.25) is 0 Å². The summed E-state index contributed by atoms with van der Waals surface area (Å²) in [5.41, 5.74) is 0. The van der Waals surface area contributed by atoms with Gasteiger partial charge < -0.3 is 19.7 Å². The van der Waals surface area contributed by atoms with Gasteiger partial charge in [0.2, 0.25) is 0 Å². The van der Waals surface area contributed by atoms with Gasteiger partial charge in [-0.3, -0.25) is 0 Å². The summed E-state index contributed by atoms with van der Waals surface area (Å²) in [6, 6.07) is 7.01. The molecule has 0 saturated carbocycles. The smallest absolute Gasteiger partial charge is 0.119 e. The van der Waals surface area contributed by atoms with E-state index >= 15 is 0 Å². The van der Waals surface area contributed by atoms with Gasteiger partial charge in [0, 0.05) is 51.4 Å². The third-order valence-electron chi connectivity index (χ3n) is 1.54. The van der Waals surface area contributed by atoms with E-state index in [9.17, 15) is 0 Å². The summed E-state index contributed by atoms with van der Waals surface area (Å²) in [4.78, 5) is 0. The Kier molecular flexibility index (Phi) is 9.83. The van der Waals surface area contributed by atoms with E-state index in [1.54, 1.807) is 24.3 Å². The van der Waals surface area contributed by atoms with Gasteiger partial charge in [-0.1, -0.05) is 0 Å². The van der Waals surface area contributed by atoms with E-state index in [-0.39, 0.29) is 77.8 Å². The second kappa shape index (κ2) is 9.59. The number of aliphatic hydroxyl groups excluding tert-OH is 2. The molecule has 0 aliphatic rings. The maximum absolute atomic E-state index is 8.52. The SMILES string of the molecule is OCCOc1ccc(OCCO)cc1.[K].